The highest BCUT2D eigenvalue weighted by Crippen LogP contribution is 2.54. The first-order valence-electron chi connectivity index (χ1n) is 8.97. The molecule has 0 radical (unpaired) electrons. The first-order valence-corrected chi connectivity index (χ1v) is 8.97. The quantitative estimate of drug-likeness (QED) is 0.688. The van der Waals surface area contributed by atoms with Crippen LogP contribution >= 0.6 is 0 Å². The molecule has 3 fully saturated rings. The van der Waals surface area contributed by atoms with Crippen molar-refractivity contribution in [2.75, 3.05) is 13.2 Å². The van der Waals surface area contributed by atoms with E-state index in [-0.39, 0.29) is 11.7 Å². The second kappa shape index (κ2) is 4.78. The van der Waals surface area contributed by atoms with Crippen molar-refractivity contribution < 1.29 is 14.3 Å². The van der Waals surface area contributed by atoms with E-state index in [1.165, 1.54) is 12.8 Å². The predicted octanol–water partition coefficient (Wildman–Crippen LogP) is 3.40. The van der Waals surface area contributed by atoms with E-state index in [0.717, 1.165) is 45.3 Å². The number of fused-ring (bicyclic) bond motifs is 4. The SMILES string of the molecule is O=C1CCC2C1C=CC1=C3CCC4(CC3CCC12)OCCO4. The second-order valence-electron chi connectivity index (χ2n) is 7.73. The van der Waals surface area contributed by atoms with Gasteiger partial charge in [-0.3, -0.25) is 4.79 Å². The molecule has 4 unspecified atom stereocenters. The molecule has 1 spiro atoms. The van der Waals surface area contributed by atoms with Crippen LogP contribution in [0.2, 0.25) is 0 Å². The topological polar surface area (TPSA) is 35.5 Å². The van der Waals surface area contributed by atoms with Crippen LogP contribution < -0.4 is 0 Å². The number of rotatable bonds is 0. The van der Waals surface area contributed by atoms with Crippen LogP contribution in [0, 0.1) is 23.7 Å². The van der Waals surface area contributed by atoms with Crippen LogP contribution in [0.3, 0.4) is 0 Å². The molecule has 1 heterocycles. The van der Waals surface area contributed by atoms with Gasteiger partial charge in [0.15, 0.2) is 5.79 Å². The molecule has 1 saturated heterocycles. The summed E-state index contributed by atoms with van der Waals surface area (Å²) in [6.07, 6.45) is 12.1. The van der Waals surface area contributed by atoms with Crippen molar-refractivity contribution in [2.45, 2.75) is 50.7 Å². The molecule has 1 aliphatic heterocycles. The van der Waals surface area contributed by atoms with Gasteiger partial charge in [-0.15, -0.1) is 0 Å². The molecule has 4 aliphatic carbocycles. The van der Waals surface area contributed by atoms with Crippen molar-refractivity contribution in [1.29, 1.82) is 0 Å². The lowest BCUT2D eigenvalue weighted by Gasteiger charge is -2.45. The number of hydrogen-bond acceptors (Lipinski definition) is 3. The third kappa shape index (κ3) is 1.85. The van der Waals surface area contributed by atoms with Crippen molar-refractivity contribution in [3.8, 4) is 0 Å². The van der Waals surface area contributed by atoms with Crippen LogP contribution in [-0.4, -0.2) is 24.8 Å². The largest absolute Gasteiger partial charge is 0.348 e. The molecular formula is C19H24O3. The zero-order chi connectivity index (χ0) is 14.7. The predicted molar refractivity (Wildman–Crippen MR) is 82.1 cm³/mol. The number of hydrogen-bond donors (Lipinski definition) is 0. The van der Waals surface area contributed by atoms with E-state index in [0.29, 0.717) is 23.5 Å². The molecule has 0 aromatic heterocycles. The van der Waals surface area contributed by atoms with Crippen molar-refractivity contribution in [1.82, 2.24) is 0 Å². The zero-order valence-electron chi connectivity index (χ0n) is 13.1. The van der Waals surface area contributed by atoms with E-state index in [2.05, 4.69) is 12.2 Å². The normalized spacial score (nSPS) is 42.5. The van der Waals surface area contributed by atoms with Gasteiger partial charge in [0.2, 0.25) is 0 Å². The maximum Gasteiger partial charge on any atom is 0.169 e. The highest BCUT2D eigenvalue weighted by atomic mass is 16.7. The molecule has 2 saturated carbocycles. The number of ether oxygens (including phenoxy) is 2. The van der Waals surface area contributed by atoms with Crippen molar-refractivity contribution in [3.05, 3.63) is 23.3 Å². The minimum Gasteiger partial charge on any atom is -0.348 e. The van der Waals surface area contributed by atoms with Crippen molar-refractivity contribution in [3.63, 3.8) is 0 Å². The summed E-state index contributed by atoms with van der Waals surface area (Å²) in [7, 11) is 0. The van der Waals surface area contributed by atoms with Crippen LogP contribution in [0.25, 0.3) is 0 Å². The Morgan fingerprint density at radius 2 is 1.95 bits per heavy atom. The van der Waals surface area contributed by atoms with Gasteiger partial charge in [0.05, 0.1) is 13.2 Å². The summed E-state index contributed by atoms with van der Waals surface area (Å²) >= 11 is 0. The molecule has 5 rings (SSSR count). The fraction of sp³-hybridized carbons (Fsp3) is 0.737. The zero-order valence-corrected chi connectivity index (χ0v) is 13.1. The lowest BCUT2D eigenvalue weighted by atomic mass is 9.62. The Hall–Kier alpha value is -0.930. The molecule has 0 N–H and O–H groups in total. The first kappa shape index (κ1) is 13.5. The summed E-state index contributed by atoms with van der Waals surface area (Å²) in [5.74, 6) is 2.30. The Bertz CT molecular complexity index is 567. The maximum atomic E-state index is 12.0. The Kier molecular flexibility index (Phi) is 2.93. The third-order valence-electron chi connectivity index (χ3n) is 6.79. The van der Waals surface area contributed by atoms with Crippen LogP contribution in [0.4, 0.5) is 0 Å². The van der Waals surface area contributed by atoms with E-state index in [1.807, 2.05) is 0 Å². The van der Waals surface area contributed by atoms with E-state index in [1.54, 1.807) is 11.1 Å². The molecule has 0 aromatic rings. The molecule has 0 bridgehead atoms. The summed E-state index contributed by atoms with van der Waals surface area (Å²) in [6, 6.07) is 0. The third-order valence-corrected chi connectivity index (χ3v) is 6.79. The summed E-state index contributed by atoms with van der Waals surface area (Å²) in [5, 5.41) is 0. The second-order valence-corrected chi connectivity index (χ2v) is 7.73. The van der Waals surface area contributed by atoms with E-state index >= 15 is 0 Å². The summed E-state index contributed by atoms with van der Waals surface area (Å²) in [6.45, 7) is 1.51. The van der Waals surface area contributed by atoms with Crippen LogP contribution in [-0.2, 0) is 14.3 Å². The average molecular weight is 300 g/mol. The lowest BCUT2D eigenvalue weighted by Crippen LogP contribution is -2.40. The number of allylic oxidation sites excluding steroid dienone is 4. The van der Waals surface area contributed by atoms with Gasteiger partial charge in [-0.25, -0.2) is 0 Å². The van der Waals surface area contributed by atoms with E-state index in [9.17, 15) is 4.79 Å². The number of carbonyl (C=O) groups is 1. The molecule has 22 heavy (non-hydrogen) atoms. The van der Waals surface area contributed by atoms with E-state index < -0.39 is 0 Å². The monoisotopic (exact) mass is 300 g/mol. The molecule has 118 valence electrons. The first-order chi connectivity index (χ1) is 10.8. The summed E-state index contributed by atoms with van der Waals surface area (Å²) in [4.78, 5) is 12.0. The standard InChI is InChI=1S/C19H24O3/c20-18-6-5-16-15-2-1-12-11-19(21-9-10-22-19)8-7-13(12)14(15)3-4-17(16)18/h3-4,12,15-17H,1-2,5-11H2. The molecule has 5 aliphatic rings. The molecule has 3 heteroatoms. The van der Waals surface area contributed by atoms with Gasteiger partial charge < -0.3 is 9.47 Å². The Morgan fingerprint density at radius 1 is 1.09 bits per heavy atom. The molecule has 0 amide bonds. The summed E-state index contributed by atoms with van der Waals surface area (Å²) in [5.41, 5.74) is 3.25. The van der Waals surface area contributed by atoms with Gasteiger partial charge >= 0.3 is 0 Å². The molecule has 3 nitrogen and oxygen atoms in total. The van der Waals surface area contributed by atoms with Crippen molar-refractivity contribution >= 4 is 5.78 Å². The highest BCUT2D eigenvalue weighted by molar-refractivity contribution is 5.85. The average Bonchev–Trinajstić information content (AvgIpc) is 3.14. The Morgan fingerprint density at radius 3 is 2.82 bits per heavy atom. The van der Waals surface area contributed by atoms with E-state index in [4.69, 9.17) is 9.47 Å². The van der Waals surface area contributed by atoms with Crippen LogP contribution in [0.5, 0.6) is 0 Å². The van der Waals surface area contributed by atoms with Crippen LogP contribution in [0.1, 0.15) is 44.9 Å². The molecule has 4 atom stereocenters. The fourth-order valence-electron chi connectivity index (χ4n) is 5.80. The Labute approximate surface area is 131 Å². The number of carbonyl (C=O) groups excluding carboxylic acids is 1. The van der Waals surface area contributed by atoms with Gasteiger partial charge in [0, 0.05) is 25.2 Å². The highest BCUT2D eigenvalue weighted by Gasteiger charge is 2.48. The fourth-order valence-corrected chi connectivity index (χ4v) is 5.80. The molecular weight excluding hydrogens is 276 g/mol. The van der Waals surface area contributed by atoms with Crippen LogP contribution in [0.15, 0.2) is 23.3 Å². The minimum absolute atomic E-state index is 0.224. The van der Waals surface area contributed by atoms with Gasteiger partial charge in [0.1, 0.15) is 5.78 Å². The van der Waals surface area contributed by atoms with Gasteiger partial charge in [-0.2, -0.15) is 0 Å². The number of ketones is 1. The lowest BCUT2D eigenvalue weighted by molar-refractivity contribution is -0.181. The van der Waals surface area contributed by atoms with Crippen molar-refractivity contribution in [2.24, 2.45) is 23.7 Å². The molecule has 0 aromatic carbocycles. The summed E-state index contributed by atoms with van der Waals surface area (Å²) < 4.78 is 11.9. The Balaban J connectivity index is 1.47. The maximum absolute atomic E-state index is 12.0. The smallest absolute Gasteiger partial charge is 0.169 e. The van der Waals surface area contributed by atoms with Gasteiger partial charge in [-0.1, -0.05) is 17.7 Å². The minimum atomic E-state index is -0.272. The van der Waals surface area contributed by atoms with Gasteiger partial charge in [-0.05, 0) is 49.0 Å². The number of Topliss-reactive ketones (excluding diaryl/α,β-unsaturated/α-hetero) is 1. The van der Waals surface area contributed by atoms with Gasteiger partial charge in [0.25, 0.3) is 0 Å².